The lowest BCUT2D eigenvalue weighted by atomic mass is 9.75. The minimum atomic E-state index is 0.442. The van der Waals surface area contributed by atoms with Gasteiger partial charge >= 0.3 is 0 Å². The molecule has 0 heterocycles. The molecule has 0 spiro atoms. The van der Waals surface area contributed by atoms with E-state index < -0.39 is 0 Å². The fourth-order valence-electron chi connectivity index (χ4n) is 2.59. The van der Waals surface area contributed by atoms with Gasteiger partial charge in [0.2, 0.25) is 0 Å². The minimum absolute atomic E-state index is 0.442. The van der Waals surface area contributed by atoms with Crippen molar-refractivity contribution in [1.29, 1.82) is 0 Å². The average molecular weight is 259 g/mol. The van der Waals surface area contributed by atoms with Gasteiger partial charge in [-0.1, -0.05) is 51.1 Å². The fourth-order valence-corrected chi connectivity index (χ4v) is 2.59. The zero-order valence-electron chi connectivity index (χ0n) is 12.8. The Morgan fingerprint density at radius 1 is 1.21 bits per heavy atom. The van der Waals surface area contributed by atoms with Crippen LogP contribution in [0.15, 0.2) is 30.3 Å². The maximum atomic E-state index is 3.73. The van der Waals surface area contributed by atoms with Crippen LogP contribution in [-0.4, -0.2) is 12.6 Å². The van der Waals surface area contributed by atoms with Crippen molar-refractivity contribution in [3.63, 3.8) is 0 Å². The van der Waals surface area contributed by atoms with E-state index in [1.54, 1.807) is 0 Å². The number of hydrogen-bond donors (Lipinski definition) is 1. The molecule has 1 aromatic carbocycles. The minimum Gasteiger partial charge on any atom is -0.313 e. The third kappa shape index (κ3) is 4.65. The SMILES string of the molecule is CC(C)C(C)(CCCc1ccccc1)CNC1CC1. The quantitative estimate of drug-likeness (QED) is 0.728. The van der Waals surface area contributed by atoms with Crippen molar-refractivity contribution in [3.8, 4) is 0 Å². The van der Waals surface area contributed by atoms with Gasteiger partial charge in [-0.15, -0.1) is 0 Å². The fraction of sp³-hybridized carbons (Fsp3) is 0.667. The highest BCUT2D eigenvalue weighted by Crippen LogP contribution is 2.33. The molecule has 1 unspecified atom stereocenters. The zero-order chi connectivity index (χ0) is 13.7. The normalized spacial score (nSPS) is 18.5. The lowest BCUT2D eigenvalue weighted by Crippen LogP contribution is -2.37. The van der Waals surface area contributed by atoms with Gasteiger partial charge in [0.05, 0.1) is 0 Å². The first-order valence-corrected chi connectivity index (χ1v) is 7.87. The smallest absolute Gasteiger partial charge is 0.00684 e. The van der Waals surface area contributed by atoms with E-state index in [2.05, 4.69) is 56.4 Å². The zero-order valence-corrected chi connectivity index (χ0v) is 12.8. The van der Waals surface area contributed by atoms with E-state index in [0.717, 1.165) is 12.0 Å². The summed E-state index contributed by atoms with van der Waals surface area (Å²) in [6, 6.07) is 11.7. The Hall–Kier alpha value is -0.820. The van der Waals surface area contributed by atoms with Crippen molar-refractivity contribution in [2.75, 3.05) is 6.54 Å². The summed E-state index contributed by atoms with van der Waals surface area (Å²) in [5.41, 5.74) is 1.92. The predicted octanol–water partition coefficient (Wildman–Crippen LogP) is 4.42. The average Bonchev–Trinajstić information content (AvgIpc) is 3.21. The van der Waals surface area contributed by atoms with E-state index in [0.29, 0.717) is 5.41 Å². The van der Waals surface area contributed by atoms with E-state index in [4.69, 9.17) is 0 Å². The van der Waals surface area contributed by atoms with Crippen molar-refractivity contribution < 1.29 is 0 Å². The maximum absolute atomic E-state index is 3.73. The summed E-state index contributed by atoms with van der Waals surface area (Å²) in [7, 11) is 0. The predicted molar refractivity (Wildman–Crippen MR) is 83.3 cm³/mol. The lowest BCUT2D eigenvalue weighted by molar-refractivity contribution is 0.186. The standard InChI is InChI=1S/C18H29N/c1-15(2)18(3,14-19-17-11-12-17)13-7-10-16-8-5-4-6-9-16/h4-6,8-9,15,17,19H,7,10-14H2,1-3H3. The van der Waals surface area contributed by atoms with Gasteiger partial charge in [0.15, 0.2) is 0 Å². The van der Waals surface area contributed by atoms with Gasteiger partial charge in [0.25, 0.3) is 0 Å². The van der Waals surface area contributed by atoms with Gasteiger partial charge in [-0.05, 0) is 49.0 Å². The van der Waals surface area contributed by atoms with Crippen LogP contribution in [0, 0.1) is 11.3 Å². The van der Waals surface area contributed by atoms with E-state index in [1.165, 1.54) is 44.2 Å². The van der Waals surface area contributed by atoms with Gasteiger partial charge in [0, 0.05) is 12.6 Å². The monoisotopic (exact) mass is 259 g/mol. The third-order valence-electron chi connectivity index (χ3n) is 4.82. The topological polar surface area (TPSA) is 12.0 Å². The van der Waals surface area contributed by atoms with Crippen LogP contribution in [-0.2, 0) is 6.42 Å². The van der Waals surface area contributed by atoms with Crippen molar-refractivity contribution in [2.24, 2.45) is 11.3 Å². The van der Waals surface area contributed by atoms with Crippen LogP contribution in [0.5, 0.6) is 0 Å². The van der Waals surface area contributed by atoms with E-state index in [9.17, 15) is 0 Å². The van der Waals surface area contributed by atoms with Crippen molar-refractivity contribution in [1.82, 2.24) is 5.32 Å². The Morgan fingerprint density at radius 2 is 1.89 bits per heavy atom. The summed E-state index contributed by atoms with van der Waals surface area (Å²) in [6.45, 7) is 8.39. The molecule has 106 valence electrons. The van der Waals surface area contributed by atoms with Crippen molar-refractivity contribution in [2.45, 2.75) is 58.9 Å². The molecule has 1 fully saturated rings. The first-order chi connectivity index (χ1) is 9.10. The number of aryl methyl sites for hydroxylation is 1. The van der Waals surface area contributed by atoms with E-state index >= 15 is 0 Å². The molecular weight excluding hydrogens is 230 g/mol. The molecule has 1 aromatic rings. The summed E-state index contributed by atoms with van der Waals surface area (Å²) in [5.74, 6) is 0.745. The van der Waals surface area contributed by atoms with Crippen molar-refractivity contribution >= 4 is 0 Å². The molecule has 19 heavy (non-hydrogen) atoms. The molecule has 0 saturated heterocycles. The highest BCUT2D eigenvalue weighted by molar-refractivity contribution is 5.14. The Morgan fingerprint density at radius 3 is 2.47 bits per heavy atom. The number of nitrogens with one attached hydrogen (secondary N) is 1. The first-order valence-electron chi connectivity index (χ1n) is 7.87. The van der Waals surface area contributed by atoms with Gasteiger partial charge in [-0.2, -0.15) is 0 Å². The summed E-state index contributed by atoms with van der Waals surface area (Å²) >= 11 is 0. The second-order valence-electron chi connectivity index (χ2n) is 6.80. The summed E-state index contributed by atoms with van der Waals surface area (Å²) in [5, 5.41) is 3.73. The molecule has 0 bridgehead atoms. The number of hydrogen-bond acceptors (Lipinski definition) is 1. The molecule has 1 nitrogen and oxygen atoms in total. The van der Waals surface area contributed by atoms with Crippen LogP contribution in [0.4, 0.5) is 0 Å². The van der Waals surface area contributed by atoms with E-state index in [1.807, 2.05) is 0 Å². The largest absolute Gasteiger partial charge is 0.313 e. The molecule has 1 aliphatic carbocycles. The number of benzene rings is 1. The number of rotatable bonds is 8. The van der Waals surface area contributed by atoms with Crippen LogP contribution < -0.4 is 5.32 Å². The summed E-state index contributed by atoms with van der Waals surface area (Å²) in [4.78, 5) is 0. The summed E-state index contributed by atoms with van der Waals surface area (Å²) < 4.78 is 0. The highest BCUT2D eigenvalue weighted by Gasteiger charge is 2.30. The second kappa shape index (κ2) is 6.56. The highest BCUT2D eigenvalue weighted by atomic mass is 15.0. The lowest BCUT2D eigenvalue weighted by Gasteiger charge is -2.34. The Labute approximate surface area is 118 Å². The Bertz CT molecular complexity index is 367. The van der Waals surface area contributed by atoms with Gasteiger partial charge in [-0.25, -0.2) is 0 Å². The van der Waals surface area contributed by atoms with Gasteiger partial charge < -0.3 is 5.32 Å². The third-order valence-corrected chi connectivity index (χ3v) is 4.82. The first kappa shape index (κ1) is 14.6. The van der Waals surface area contributed by atoms with Crippen LogP contribution in [0.1, 0.15) is 52.0 Å². The molecule has 0 amide bonds. The van der Waals surface area contributed by atoms with E-state index in [-0.39, 0.29) is 0 Å². The Balaban J connectivity index is 1.78. The van der Waals surface area contributed by atoms with Crippen molar-refractivity contribution in [3.05, 3.63) is 35.9 Å². The van der Waals surface area contributed by atoms with Gasteiger partial charge in [-0.3, -0.25) is 0 Å². The molecule has 0 radical (unpaired) electrons. The molecule has 1 saturated carbocycles. The molecule has 1 atom stereocenters. The molecule has 1 aliphatic rings. The van der Waals surface area contributed by atoms with Crippen LogP contribution in [0.3, 0.4) is 0 Å². The molecular formula is C18H29N. The molecule has 1 N–H and O–H groups in total. The molecule has 0 aromatic heterocycles. The molecule has 2 rings (SSSR count). The van der Waals surface area contributed by atoms with Crippen LogP contribution in [0.2, 0.25) is 0 Å². The molecule has 0 aliphatic heterocycles. The van der Waals surface area contributed by atoms with Crippen LogP contribution in [0.25, 0.3) is 0 Å². The Kier molecular flexibility index (Phi) is 5.04. The van der Waals surface area contributed by atoms with Crippen LogP contribution >= 0.6 is 0 Å². The maximum Gasteiger partial charge on any atom is 0.00684 e. The van der Waals surface area contributed by atoms with Gasteiger partial charge in [0.1, 0.15) is 0 Å². The summed E-state index contributed by atoms with van der Waals surface area (Å²) in [6.07, 6.45) is 6.60. The second-order valence-corrected chi connectivity index (χ2v) is 6.80. The molecule has 1 heteroatoms.